The minimum Gasteiger partial charge on any atom is -0.350 e. The molecule has 1 fully saturated rings. The van der Waals surface area contributed by atoms with Gasteiger partial charge in [-0.25, -0.2) is 0 Å². The first-order valence-corrected chi connectivity index (χ1v) is 6.94. The Balaban J connectivity index is 2.10. The molecule has 0 bridgehead atoms. The lowest BCUT2D eigenvalue weighted by atomic mass is 10.0. The van der Waals surface area contributed by atoms with E-state index in [1.165, 1.54) is 25.7 Å². The van der Waals surface area contributed by atoms with E-state index in [1.807, 2.05) is 6.08 Å². The van der Waals surface area contributed by atoms with Crippen LogP contribution in [0, 0.1) is 0 Å². The van der Waals surface area contributed by atoms with E-state index in [1.54, 1.807) is 0 Å². The fourth-order valence-corrected chi connectivity index (χ4v) is 2.22. The van der Waals surface area contributed by atoms with Crippen LogP contribution in [0.15, 0.2) is 12.7 Å². The van der Waals surface area contributed by atoms with Gasteiger partial charge < -0.3 is 14.8 Å². The van der Waals surface area contributed by atoms with Crippen LogP contribution < -0.4 is 5.32 Å². The normalized spacial score (nSPS) is 18.4. The molecule has 3 nitrogen and oxygen atoms in total. The third-order valence-electron chi connectivity index (χ3n) is 3.12. The van der Waals surface area contributed by atoms with E-state index in [4.69, 9.17) is 9.47 Å². The molecule has 0 amide bonds. The number of hydrogen-bond donors (Lipinski definition) is 1. The van der Waals surface area contributed by atoms with E-state index in [2.05, 4.69) is 18.8 Å². The van der Waals surface area contributed by atoms with Crippen LogP contribution in [-0.4, -0.2) is 32.1 Å². The maximum Gasteiger partial charge on any atom is 0.159 e. The average molecular weight is 241 g/mol. The summed E-state index contributed by atoms with van der Waals surface area (Å²) in [6.07, 6.45) is 9.19. The predicted molar refractivity (Wildman–Crippen MR) is 71.1 cm³/mol. The van der Waals surface area contributed by atoms with Crippen molar-refractivity contribution in [1.29, 1.82) is 0 Å². The number of hydrogen-bond acceptors (Lipinski definition) is 3. The highest BCUT2D eigenvalue weighted by Gasteiger charge is 2.20. The molecule has 0 spiro atoms. The van der Waals surface area contributed by atoms with Gasteiger partial charge in [0.1, 0.15) is 0 Å². The first-order valence-electron chi connectivity index (χ1n) is 6.94. The molecule has 0 aliphatic carbocycles. The minimum absolute atomic E-state index is 0.0206. The first-order chi connectivity index (χ1) is 8.36. The Hall–Kier alpha value is -0.380. The second kappa shape index (κ2) is 9.63. The van der Waals surface area contributed by atoms with Crippen LogP contribution in [0.3, 0.4) is 0 Å². The largest absolute Gasteiger partial charge is 0.350 e. The molecule has 1 atom stereocenters. The van der Waals surface area contributed by atoms with E-state index >= 15 is 0 Å². The molecule has 1 rings (SSSR count). The molecule has 1 aliphatic heterocycles. The lowest BCUT2D eigenvalue weighted by Crippen LogP contribution is -2.33. The standard InChI is InChI=1S/C14H27NO2/c1-3-5-6-7-8-9-13(15-4-2)12-14-16-10-11-17-14/h3,13-15H,1,4-12H2,2H3. The molecule has 0 aromatic rings. The second-order valence-corrected chi connectivity index (χ2v) is 4.59. The van der Waals surface area contributed by atoms with Crippen LogP contribution in [0.1, 0.15) is 45.4 Å². The van der Waals surface area contributed by atoms with E-state index < -0.39 is 0 Å². The van der Waals surface area contributed by atoms with Crippen LogP contribution in [-0.2, 0) is 9.47 Å². The van der Waals surface area contributed by atoms with Crippen molar-refractivity contribution < 1.29 is 9.47 Å². The summed E-state index contributed by atoms with van der Waals surface area (Å²) >= 11 is 0. The summed E-state index contributed by atoms with van der Waals surface area (Å²) in [5.74, 6) is 0. The van der Waals surface area contributed by atoms with Crippen molar-refractivity contribution in [2.45, 2.75) is 57.8 Å². The summed E-state index contributed by atoms with van der Waals surface area (Å²) in [4.78, 5) is 0. The minimum atomic E-state index is 0.0206. The summed E-state index contributed by atoms with van der Waals surface area (Å²) in [7, 11) is 0. The quantitative estimate of drug-likeness (QED) is 0.471. The molecular weight excluding hydrogens is 214 g/mol. The molecule has 1 saturated heterocycles. The van der Waals surface area contributed by atoms with Crippen molar-refractivity contribution in [3.8, 4) is 0 Å². The number of rotatable bonds is 10. The highest BCUT2D eigenvalue weighted by Crippen LogP contribution is 2.15. The lowest BCUT2D eigenvalue weighted by Gasteiger charge is -2.20. The Kier molecular flexibility index (Phi) is 8.32. The topological polar surface area (TPSA) is 30.5 Å². The molecule has 1 unspecified atom stereocenters. The zero-order chi connectivity index (χ0) is 12.3. The molecule has 1 heterocycles. The van der Waals surface area contributed by atoms with E-state index in [-0.39, 0.29) is 6.29 Å². The van der Waals surface area contributed by atoms with Crippen LogP contribution in [0.4, 0.5) is 0 Å². The summed E-state index contributed by atoms with van der Waals surface area (Å²) in [5, 5.41) is 3.52. The smallest absolute Gasteiger partial charge is 0.159 e. The van der Waals surface area contributed by atoms with Gasteiger partial charge in [0.05, 0.1) is 13.2 Å². The van der Waals surface area contributed by atoms with Gasteiger partial charge in [0.2, 0.25) is 0 Å². The molecule has 0 aromatic heterocycles. The van der Waals surface area contributed by atoms with Gasteiger partial charge in [-0.3, -0.25) is 0 Å². The monoisotopic (exact) mass is 241 g/mol. The van der Waals surface area contributed by atoms with Gasteiger partial charge in [0, 0.05) is 12.5 Å². The number of unbranched alkanes of at least 4 members (excludes halogenated alkanes) is 3. The molecule has 100 valence electrons. The lowest BCUT2D eigenvalue weighted by molar-refractivity contribution is -0.0531. The van der Waals surface area contributed by atoms with Gasteiger partial charge in [0.15, 0.2) is 6.29 Å². The second-order valence-electron chi connectivity index (χ2n) is 4.59. The molecule has 17 heavy (non-hydrogen) atoms. The summed E-state index contributed by atoms with van der Waals surface area (Å²) in [6, 6.07) is 0.534. The molecule has 1 N–H and O–H groups in total. The Labute approximate surface area is 106 Å². The van der Waals surface area contributed by atoms with Crippen LogP contribution in [0.25, 0.3) is 0 Å². The third kappa shape index (κ3) is 6.81. The summed E-state index contributed by atoms with van der Waals surface area (Å²) in [6.45, 7) is 8.42. The fourth-order valence-electron chi connectivity index (χ4n) is 2.22. The molecule has 0 radical (unpaired) electrons. The van der Waals surface area contributed by atoms with Gasteiger partial charge in [0.25, 0.3) is 0 Å². The predicted octanol–water partition coefficient (Wildman–Crippen LogP) is 2.86. The zero-order valence-electron chi connectivity index (χ0n) is 11.1. The van der Waals surface area contributed by atoms with Crippen LogP contribution >= 0.6 is 0 Å². The van der Waals surface area contributed by atoms with Crippen molar-refractivity contribution in [3.05, 3.63) is 12.7 Å². The number of allylic oxidation sites excluding steroid dienone is 1. The highest BCUT2D eigenvalue weighted by atomic mass is 16.7. The van der Waals surface area contributed by atoms with Crippen molar-refractivity contribution >= 4 is 0 Å². The molecule has 0 saturated carbocycles. The Morgan fingerprint density at radius 3 is 2.71 bits per heavy atom. The van der Waals surface area contributed by atoms with E-state index in [9.17, 15) is 0 Å². The van der Waals surface area contributed by atoms with Crippen LogP contribution in [0.2, 0.25) is 0 Å². The van der Waals surface area contributed by atoms with Crippen LogP contribution in [0.5, 0.6) is 0 Å². The average Bonchev–Trinajstić information content (AvgIpc) is 2.82. The third-order valence-corrected chi connectivity index (χ3v) is 3.12. The van der Waals surface area contributed by atoms with Crippen molar-refractivity contribution in [3.63, 3.8) is 0 Å². The van der Waals surface area contributed by atoms with Gasteiger partial charge >= 0.3 is 0 Å². The number of nitrogens with one attached hydrogen (secondary N) is 1. The van der Waals surface area contributed by atoms with E-state index in [0.29, 0.717) is 6.04 Å². The Morgan fingerprint density at radius 2 is 2.06 bits per heavy atom. The molecule has 3 heteroatoms. The van der Waals surface area contributed by atoms with Gasteiger partial charge in [-0.2, -0.15) is 0 Å². The zero-order valence-corrected chi connectivity index (χ0v) is 11.1. The van der Waals surface area contributed by atoms with Crippen molar-refractivity contribution in [2.75, 3.05) is 19.8 Å². The van der Waals surface area contributed by atoms with Gasteiger partial charge in [-0.05, 0) is 25.8 Å². The Bertz CT molecular complexity index is 191. The number of ether oxygens (including phenoxy) is 2. The SMILES string of the molecule is C=CCCCCCC(CC1OCCO1)NCC. The summed E-state index contributed by atoms with van der Waals surface area (Å²) in [5.41, 5.74) is 0. The maximum atomic E-state index is 5.50. The van der Waals surface area contributed by atoms with Gasteiger partial charge in [-0.1, -0.05) is 25.8 Å². The highest BCUT2D eigenvalue weighted by molar-refractivity contribution is 4.71. The van der Waals surface area contributed by atoms with Gasteiger partial charge in [-0.15, -0.1) is 6.58 Å². The molecule has 0 aromatic carbocycles. The molecular formula is C14H27NO2. The first kappa shape index (κ1) is 14.7. The fraction of sp³-hybridized carbons (Fsp3) is 0.857. The Morgan fingerprint density at radius 1 is 1.29 bits per heavy atom. The maximum absolute atomic E-state index is 5.50. The molecule has 1 aliphatic rings. The van der Waals surface area contributed by atoms with Crippen molar-refractivity contribution in [2.24, 2.45) is 0 Å². The van der Waals surface area contributed by atoms with E-state index in [0.717, 1.165) is 32.6 Å². The van der Waals surface area contributed by atoms with Crippen molar-refractivity contribution in [1.82, 2.24) is 5.32 Å². The summed E-state index contributed by atoms with van der Waals surface area (Å²) < 4.78 is 11.0.